The number of aliphatic carboxylic acids is 1. The quantitative estimate of drug-likeness (QED) is 0.877. The minimum Gasteiger partial charge on any atom is -0.481 e. The zero-order chi connectivity index (χ0) is 14.5. The Morgan fingerprint density at radius 1 is 1.53 bits per heavy atom. The van der Waals surface area contributed by atoms with Crippen LogP contribution in [0, 0.1) is 11.3 Å². The van der Waals surface area contributed by atoms with Gasteiger partial charge in [-0.25, -0.2) is 4.98 Å². The van der Waals surface area contributed by atoms with Gasteiger partial charge in [-0.05, 0) is 38.5 Å². The molecular weight excluding hydrogens is 242 g/mol. The Balaban J connectivity index is 2.82. The van der Waals surface area contributed by atoms with Gasteiger partial charge in [-0.15, -0.1) is 0 Å². The molecule has 1 heterocycles. The van der Waals surface area contributed by atoms with Gasteiger partial charge in [-0.2, -0.15) is 5.26 Å². The van der Waals surface area contributed by atoms with Crippen molar-refractivity contribution >= 4 is 5.97 Å². The Kier molecular flexibility index (Phi) is 5.02. The summed E-state index contributed by atoms with van der Waals surface area (Å²) in [6, 6.07) is 5.59. The number of rotatable bonds is 5. The van der Waals surface area contributed by atoms with Gasteiger partial charge in [-0.3, -0.25) is 9.69 Å². The topological polar surface area (TPSA) is 77.2 Å². The summed E-state index contributed by atoms with van der Waals surface area (Å²) in [4.78, 5) is 16.7. The molecule has 0 aliphatic rings. The Bertz CT molecular complexity index is 486. The molecule has 5 nitrogen and oxygen atoms in total. The largest absolute Gasteiger partial charge is 0.481 e. The second-order valence-electron chi connectivity index (χ2n) is 5.40. The molecule has 0 aliphatic heterocycles. The Morgan fingerprint density at radius 2 is 2.21 bits per heavy atom. The number of hydrogen-bond acceptors (Lipinski definition) is 4. The fourth-order valence-electron chi connectivity index (χ4n) is 1.74. The van der Waals surface area contributed by atoms with Gasteiger partial charge in [0.05, 0.1) is 6.42 Å². The molecule has 1 aromatic heterocycles. The first kappa shape index (κ1) is 15.1. The maximum absolute atomic E-state index is 10.7. The number of carboxylic acid groups (broad SMARTS) is 1. The summed E-state index contributed by atoms with van der Waals surface area (Å²) in [6.07, 6.45) is 1.71. The molecule has 5 heteroatoms. The van der Waals surface area contributed by atoms with E-state index in [1.54, 1.807) is 12.3 Å². The number of carboxylic acids is 1. The molecule has 19 heavy (non-hydrogen) atoms. The molecule has 0 radical (unpaired) electrons. The summed E-state index contributed by atoms with van der Waals surface area (Å²) in [5, 5.41) is 17.6. The van der Waals surface area contributed by atoms with Crippen LogP contribution in [0.15, 0.2) is 18.3 Å². The summed E-state index contributed by atoms with van der Waals surface area (Å²) in [6.45, 7) is 7.21. The molecule has 0 bridgehead atoms. The molecule has 1 N–H and O–H groups in total. The summed E-state index contributed by atoms with van der Waals surface area (Å²) in [5.41, 5.74) is 1.21. The highest BCUT2D eigenvalue weighted by Crippen LogP contribution is 2.17. The van der Waals surface area contributed by atoms with Crippen LogP contribution in [0.3, 0.4) is 0 Å². The van der Waals surface area contributed by atoms with Crippen LogP contribution in [0.4, 0.5) is 0 Å². The van der Waals surface area contributed by atoms with Crippen LogP contribution >= 0.6 is 0 Å². The number of nitrogens with zero attached hydrogens (tertiary/aromatic N) is 3. The number of nitriles is 1. The van der Waals surface area contributed by atoms with E-state index in [-0.39, 0.29) is 12.0 Å². The Morgan fingerprint density at radius 3 is 2.74 bits per heavy atom. The smallest absolute Gasteiger partial charge is 0.304 e. The normalized spacial score (nSPS) is 11.3. The average Bonchev–Trinajstić information content (AvgIpc) is 2.33. The monoisotopic (exact) mass is 261 g/mol. The molecule has 0 saturated heterocycles. The first-order chi connectivity index (χ1) is 8.82. The van der Waals surface area contributed by atoms with E-state index in [0.717, 1.165) is 5.56 Å². The molecule has 1 rings (SSSR count). The average molecular weight is 261 g/mol. The van der Waals surface area contributed by atoms with Crippen LogP contribution in [0.1, 0.15) is 38.4 Å². The number of hydrogen-bond donors (Lipinski definition) is 1. The number of pyridine rings is 1. The zero-order valence-corrected chi connectivity index (χ0v) is 11.6. The van der Waals surface area contributed by atoms with E-state index in [0.29, 0.717) is 18.8 Å². The van der Waals surface area contributed by atoms with Gasteiger partial charge in [0.15, 0.2) is 0 Å². The SMILES string of the molecule is CC(C)(C)N(CCC(=O)O)Cc1ccnc(C#N)c1. The third kappa shape index (κ3) is 5.06. The lowest BCUT2D eigenvalue weighted by atomic mass is 10.0. The van der Waals surface area contributed by atoms with Gasteiger partial charge in [0.1, 0.15) is 11.8 Å². The second kappa shape index (κ2) is 6.30. The lowest BCUT2D eigenvalue weighted by molar-refractivity contribution is -0.137. The van der Waals surface area contributed by atoms with Crippen LogP contribution in [-0.4, -0.2) is 33.0 Å². The van der Waals surface area contributed by atoms with Gasteiger partial charge in [0, 0.05) is 24.8 Å². The molecule has 0 atom stereocenters. The van der Waals surface area contributed by atoms with Crippen LogP contribution in [0.2, 0.25) is 0 Å². The highest BCUT2D eigenvalue weighted by molar-refractivity contribution is 5.66. The van der Waals surface area contributed by atoms with Gasteiger partial charge in [-0.1, -0.05) is 0 Å². The van der Waals surface area contributed by atoms with Gasteiger partial charge < -0.3 is 5.11 Å². The molecule has 0 saturated carbocycles. The van der Waals surface area contributed by atoms with Crippen molar-refractivity contribution in [2.24, 2.45) is 0 Å². The second-order valence-corrected chi connectivity index (χ2v) is 5.40. The summed E-state index contributed by atoms with van der Waals surface area (Å²) in [5.74, 6) is -0.804. The Hall–Kier alpha value is -1.93. The maximum atomic E-state index is 10.7. The molecule has 0 aromatic carbocycles. The van der Waals surface area contributed by atoms with E-state index in [2.05, 4.69) is 9.88 Å². The van der Waals surface area contributed by atoms with Crippen molar-refractivity contribution in [3.63, 3.8) is 0 Å². The minimum atomic E-state index is -0.804. The van der Waals surface area contributed by atoms with Crippen molar-refractivity contribution < 1.29 is 9.90 Å². The molecule has 0 aliphatic carbocycles. The van der Waals surface area contributed by atoms with Crippen molar-refractivity contribution in [2.45, 2.75) is 39.3 Å². The van der Waals surface area contributed by atoms with Crippen LogP contribution < -0.4 is 0 Å². The zero-order valence-electron chi connectivity index (χ0n) is 11.6. The first-order valence-electron chi connectivity index (χ1n) is 6.15. The molecule has 0 fully saturated rings. The van der Waals surface area contributed by atoms with Crippen molar-refractivity contribution in [1.29, 1.82) is 5.26 Å². The van der Waals surface area contributed by atoms with Crippen LogP contribution in [-0.2, 0) is 11.3 Å². The highest BCUT2D eigenvalue weighted by atomic mass is 16.4. The van der Waals surface area contributed by atoms with Crippen molar-refractivity contribution in [3.05, 3.63) is 29.6 Å². The van der Waals surface area contributed by atoms with Crippen LogP contribution in [0.25, 0.3) is 0 Å². The van der Waals surface area contributed by atoms with Gasteiger partial charge in [0.2, 0.25) is 0 Å². The lowest BCUT2D eigenvalue weighted by Gasteiger charge is -2.35. The number of carbonyl (C=O) groups is 1. The fraction of sp³-hybridized carbons (Fsp3) is 0.500. The van der Waals surface area contributed by atoms with Crippen molar-refractivity contribution in [1.82, 2.24) is 9.88 Å². The van der Waals surface area contributed by atoms with E-state index in [1.165, 1.54) is 0 Å². The van der Waals surface area contributed by atoms with Crippen molar-refractivity contribution in [2.75, 3.05) is 6.54 Å². The van der Waals surface area contributed by atoms with E-state index in [1.807, 2.05) is 32.9 Å². The maximum Gasteiger partial charge on any atom is 0.304 e. The third-order valence-electron chi connectivity index (χ3n) is 2.86. The standard InChI is InChI=1S/C14H19N3O2/c1-14(2,3)17(7-5-13(18)19)10-11-4-6-16-12(8-11)9-15/h4,6,8H,5,7,10H2,1-3H3,(H,18,19). The third-order valence-corrected chi connectivity index (χ3v) is 2.86. The molecule has 0 spiro atoms. The highest BCUT2D eigenvalue weighted by Gasteiger charge is 2.22. The predicted molar refractivity (Wildman–Crippen MR) is 71.4 cm³/mol. The van der Waals surface area contributed by atoms with Crippen LogP contribution in [0.5, 0.6) is 0 Å². The van der Waals surface area contributed by atoms with Gasteiger partial charge >= 0.3 is 5.97 Å². The minimum absolute atomic E-state index is 0.105. The predicted octanol–water partition coefficient (Wildman–Crippen LogP) is 2.03. The van der Waals surface area contributed by atoms with Gasteiger partial charge in [0.25, 0.3) is 0 Å². The lowest BCUT2D eigenvalue weighted by Crippen LogP contribution is -2.42. The summed E-state index contributed by atoms with van der Waals surface area (Å²) >= 11 is 0. The van der Waals surface area contributed by atoms with E-state index < -0.39 is 5.97 Å². The van der Waals surface area contributed by atoms with E-state index in [4.69, 9.17) is 10.4 Å². The molecular formula is C14H19N3O2. The summed E-state index contributed by atoms with van der Waals surface area (Å²) < 4.78 is 0. The fourth-order valence-corrected chi connectivity index (χ4v) is 1.74. The molecule has 0 amide bonds. The Labute approximate surface area is 113 Å². The first-order valence-corrected chi connectivity index (χ1v) is 6.15. The van der Waals surface area contributed by atoms with E-state index in [9.17, 15) is 4.79 Å². The number of aromatic nitrogens is 1. The molecule has 1 aromatic rings. The summed E-state index contributed by atoms with van der Waals surface area (Å²) in [7, 11) is 0. The van der Waals surface area contributed by atoms with Crippen molar-refractivity contribution in [3.8, 4) is 6.07 Å². The molecule has 0 unspecified atom stereocenters. The van der Waals surface area contributed by atoms with E-state index >= 15 is 0 Å². The molecule has 102 valence electrons.